The summed E-state index contributed by atoms with van der Waals surface area (Å²) in [7, 11) is 0. The second-order valence-corrected chi connectivity index (χ2v) is 3.92. The lowest BCUT2D eigenvalue weighted by Crippen LogP contribution is -2.32. The molecule has 1 rings (SSSR count). The third kappa shape index (κ3) is 3.27. The van der Waals surface area contributed by atoms with Crippen LogP contribution < -0.4 is 11.5 Å². The van der Waals surface area contributed by atoms with Crippen molar-refractivity contribution in [3.8, 4) is 0 Å². The Labute approximate surface area is 86.3 Å². The van der Waals surface area contributed by atoms with Gasteiger partial charge in [0.25, 0.3) is 0 Å². The summed E-state index contributed by atoms with van der Waals surface area (Å²) in [6, 6.07) is 6.41. The molecule has 5 heteroatoms. The van der Waals surface area contributed by atoms with Crippen molar-refractivity contribution in [1.82, 2.24) is 0 Å². The van der Waals surface area contributed by atoms with Crippen molar-refractivity contribution < 1.29 is 9.90 Å². The fraction of sp³-hybridized carbons (Fsp3) is 0.222. The van der Waals surface area contributed by atoms with Crippen LogP contribution in [0.3, 0.4) is 0 Å². The number of thioether (sulfide) groups is 1. The van der Waals surface area contributed by atoms with E-state index in [-0.39, 0.29) is 0 Å². The van der Waals surface area contributed by atoms with Gasteiger partial charge in [-0.2, -0.15) is 0 Å². The predicted octanol–water partition coefficient (Wildman–Crippen LogP) is 0.773. The summed E-state index contributed by atoms with van der Waals surface area (Å²) in [5.41, 5.74) is 11.5. The van der Waals surface area contributed by atoms with Crippen molar-refractivity contribution in [2.24, 2.45) is 5.73 Å². The topological polar surface area (TPSA) is 89.3 Å². The van der Waals surface area contributed by atoms with E-state index in [0.717, 1.165) is 4.90 Å². The number of hydrogen-bond donors (Lipinski definition) is 3. The summed E-state index contributed by atoms with van der Waals surface area (Å²) in [6.07, 6.45) is 0. The highest BCUT2D eigenvalue weighted by Gasteiger charge is 2.10. The minimum atomic E-state index is -0.979. The number of carbonyl (C=O) groups is 1. The van der Waals surface area contributed by atoms with Gasteiger partial charge in [-0.3, -0.25) is 4.79 Å². The molecule has 0 saturated heterocycles. The van der Waals surface area contributed by atoms with Crippen LogP contribution in [0, 0.1) is 0 Å². The average Bonchev–Trinajstić information content (AvgIpc) is 2.16. The summed E-state index contributed by atoms with van der Waals surface area (Å²) >= 11 is 1.40. The molecule has 0 amide bonds. The van der Waals surface area contributed by atoms with E-state index in [2.05, 4.69) is 0 Å². The van der Waals surface area contributed by atoms with Crippen LogP contribution in [-0.2, 0) is 4.79 Å². The number of nitrogens with two attached hydrogens (primary N) is 2. The van der Waals surface area contributed by atoms with E-state index in [0.29, 0.717) is 11.4 Å². The van der Waals surface area contributed by atoms with Gasteiger partial charge in [-0.1, -0.05) is 0 Å². The van der Waals surface area contributed by atoms with Crippen LogP contribution in [0.4, 0.5) is 5.69 Å². The molecule has 4 nitrogen and oxygen atoms in total. The van der Waals surface area contributed by atoms with E-state index in [1.54, 1.807) is 12.1 Å². The molecule has 5 N–H and O–H groups in total. The predicted molar refractivity (Wildman–Crippen MR) is 57.2 cm³/mol. The largest absolute Gasteiger partial charge is 0.480 e. The van der Waals surface area contributed by atoms with Gasteiger partial charge < -0.3 is 16.6 Å². The maximum absolute atomic E-state index is 10.4. The third-order valence-corrected chi connectivity index (χ3v) is 2.76. The molecular formula is C9H12N2O2S. The molecular weight excluding hydrogens is 200 g/mol. The van der Waals surface area contributed by atoms with Gasteiger partial charge in [-0.25, -0.2) is 0 Å². The first kappa shape index (κ1) is 10.9. The number of benzene rings is 1. The molecule has 1 aromatic rings. The fourth-order valence-electron chi connectivity index (χ4n) is 0.821. The Morgan fingerprint density at radius 1 is 1.43 bits per heavy atom. The zero-order valence-electron chi connectivity index (χ0n) is 7.51. The number of hydrogen-bond acceptors (Lipinski definition) is 4. The molecule has 0 unspecified atom stereocenters. The number of anilines is 1. The van der Waals surface area contributed by atoms with Gasteiger partial charge in [-0.15, -0.1) is 11.8 Å². The number of carboxylic acids is 1. The maximum atomic E-state index is 10.4. The number of rotatable bonds is 4. The SMILES string of the molecule is Nc1ccc(SC[C@H](N)C(=O)O)cc1. The van der Waals surface area contributed by atoms with Gasteiger partial charge in [0.15, 0.2) is 0 Å². The highest BCUT2D eigenvalue weighted by Crippen LogP contribution is 2.19. The number of carboxylic acid groups (broad SMARTS) is 1. The lowest BCUT2D eigenvalue weighted by atomic mass is 10.3. The summed E-state index contributed by atoms with van der Waals surface area (Å²) < 4.78 is 0. The Hall–Kier alpha value is -1.20. The molecule has 0 spiro atoms. The Bertz CT molecular complexity index is 313. The van der Waals surface area contributed by atoms with Crippen molar-refractivity contribution in [3.05, 3.63) is 24.3 Å². The Morgan fingerprint density at radius 2 is 2.00 bits per heavy atom. The van der Waals surface area contributed by atoms with Gasteiger partial charge in [0.2, 0.25) is 0 Å². The van der Waals surface area contributed by atoms with Crippen LogP contribution >= 0.6 is 11.8 Å². The second-order valence-electron chi connectivity index (χ2n) is 2.82. The van der Waals surface area contributed by atoms with Crippen molar-refractivity contribution in [1.29, 1.82) is 0 Å². The maximum Gasteiger partial charge on any atom is 0.321 e. The standard InChI is InChI=1S/C9H12N2O2S/c10-6-1-3-7(4-2-6)14-5-8(11)9(12)13/h1-4,8H,5,10-11H2,(H,12,13)/t8-/m0/s1. The molecule has 0 radical (unpaired) electrons. The minimum absolute atomic E-state index is 0.360. The number of aliphatic carboxylic acids is 1. The molecule has 0 aliphatic heterocycles. The quantitative estimate of drug-likeness (QED) is 0.506. The molecule has 0 saturated carbocycles. The first-order valence-corrected chi connectivity index (χ1v) is 5.05. The summed E-state index contributed by atoms with van der Waals surface area (Å²) in [4.78, 5) is 11.4. The highest BCUT2D eigenvalue weighted by molar-refractivity contribution is 7.99. The van der Waals surface area contributed by atoms with Gasteiger partial charge in [-0.05, 0) is 24.3 Å². The Kier molecular flexibility index (Phi) is 3.79. The van der Waals surface area contributed by atoms with Crippen LogP contribution in [0.2, 0.25) is 0 Å². The van der Waals surface area contributed by atoms with Crippen LogP contribution in [-0.4, -0.2) is 22.9 Å². The molecule has 0 aliphatic rings. The first-order valence-electron chi connectivity index (χ1n) is 4.06. The second kappa shape index (κ2) is 4.88. The van der Waals surface area contributed by atoms with Crippen LogP contribution in [0.15, 0.2) is 29.2 Å². The van der Waals surface area contributed by atoms with Crippen molar-refractivity contribution in [3.63, 3.8) is 0 Å². The zero-order chi connectivity index (χ0) is 10.6. The zero-order valence-corrected chi connectivity index (χ0v) is 8.33. The average molecular weight is 212 g/mol. The Balaban J connectivity index is 2.46. The van der Waals surface area contributed by atoms with Crippen LogP contribution in [0.5, 0.6) is 0 Å². The molecule has 0 aliphatic carbocycles. The normalized spacial score (nSPS) is 12.4. The molecule has 0 fully saturated rings. The van der Waals surface area contributed by atoms with Crippen LogP contribution in [0.25, 0.3) is 0 Å². The number of nitrogen functional groups attached to an aromatic ring is 1. The van der Waals surface area contributed by atoms with Crippen molar-refractivity contribution in [2.45, 2.75) is 10.9 Å². The van der Waals surface area contributed by atoms with Gasteiger partial charge in [0.1, 0.15) is 6.04 Å². The molecule has 0 aromatic heterocycles. The molecule has 1 atom stereocenters. The summed E-state index contributed by atoms with van der Waals surface area (Å²) in [6.45, 7) is 0. The molecule has 1 aromatic carbocycles. The van der Waals surface area contributed by atoms with E-state index < -0.39 is 12.0 Å². The van der Waals surface area contributed by atoms with Crippen molar-refractivity contribution in [2.75, 3.05) is 11.5 Å². The molecule has 0 heterocycles. The smallest absolute Gasteiger partial charge is 0.321 e. The summed E-state index contributed by atoms with van der Waals surface area (Å²) in [5, 5.41) is 8.55. The molecule has 76 valence electrons. The Morgan fingerprint density at radius 3 is 2.50 bits per heavy atom. The van der Waals surface area contributed by atoms with E-state index >= 15 is 0 Å². The van der Waals surface area contributed by atoms with Gasteiger partial charge in [0, 0.05) is 16.3 Å². The summed E-state index contributed by atoms with van der Waals surface area (Å²) in [5.74, 6) is -0.618. The highest BCUT2D eigenvalue weighted by atomic mass is 32.2. The van der Waals surface area contributed by atoms with Crippen LogP contribution in [0.1, 0.15) is 0 Å². The van der Waals surface area contributed by atoms with Gasteiger partial charge in [0.05, 0.1) is 0 Å². The third-order valence-electron chi connectivity index (χ3n) is 1.63. The van der Waals surface area contributed by atoms with E-state index in [9.17, 15) is 4.79 Å². The molecule has 14 heavy (non-hydrogen) atoms. The first-order chi connectivity index (χ1) is 6.59. The minimum Gasteiger partial charge on any atom is -0.480 e. The van der Waals surface area contributed by atoms with E-state index in [1.807, 2.05) is 12.1 Å². The lowest BCUT2D eigenvalue weighted by Gasteiger charge is -2.05. The monoisotopic (exact) mass is 212 g/mol. The van der Waals surface area contributed by atoms with E-state index in [4.69, 9.17) is 16.6 Å². The lowest BCUT2D eigenvalue weighted by molar-refractivity contribution is -0.137. The molecule has 0 bridgehead atoms. The van der Waals surface area contributed by atoms with E-state index in [1.165, 1.54) is 11.8 Å². The van der Waals surface area contributed by atoms with Gasteiger partial charge >= 0.3 is 5.97 Å². The van der Waals surface area contributed by atoms with Crippen molar-refractivity contribution >= 4 is 23.4 Å². The fourth-order valence-corrected chi connectivity index (χ4v) is 1.66.